The van der Waals surface area contributed by atoms with Crippen molar-refractivity contribution in [2.24, 2.45) is 0 Å². The van der Waals surface area contributed by atoms with Crippen LogP contribution >= 0.6 is 11.6 Å². The van der Waals surface area contributed by atoms with Gasteiger partial charge in [-0.25, -0.2) is 21.2 Å². The van der Waals surface area contributed by atoms with Gasteiger partial charge in [-0.05, 0) is 36.4 Å². The lowest BCUT2D eigenvalue weighted by atomic mass is 10.3. The second kappa shape index (κ2) is 5.86. The van der Waals surface area contributed by atoms with Gasteiger partial charge in [0.2, 0.25) is 0 Å². The van der Waals surface area contributed by atoms with Crippen LogP contribution in [0.25, 0.3) is 0 Å². The van der Waals surface area contributed by atoms with Crippen molar-refractivity contribution in [2.75, 3.05) is 11.0 Å². The van der Waals surface area contributed by atoms with Gasteiger partial charge in [0.25, 0.3) is 10.0 Å². The van der Waals surface area contributed by atoms with Gasteiger partial charge in [-0.15, -0.1) is 0 Å². The summed E-state index contributed by atoms with van der Waals surface area (Å²) < 4.78 is 62.9. The minimum absolute atomic E-state index is 0.000764. The molecule has 9 heteroatoms. The minimum atomic E-state index is -4.16. The largest absolute Gasteiger partial charge is 0.279 e. The van der Waals surface area contributed by atoms with E-state index >= 15 is 0 Å². The van der Waals surface area contributed by atoms with Crippen molar-refractivity contribution in [3.8, 4) is 0 Å². The highest BCUT2D eigenvalue weighted by molar-refractivity contribution is 7.93. The molecule has 0 aliphatic rings. The van der Waals surface area contributed by atoms with Crippen LogP contribution in [0.5, 0.6) is 0 Å². The van der Waals surface area contributed by atoms with E-state index in [0.29, 0.717) is 0 Å². The molecule has 0 bridgehead atoms. The van der Waals surface area contributed by atoms with Crippen molar-refractivity contribution in [3.05, 3.63) is 53.3 Å². The summed E-state index contributed by atoms with van der Waals surface area (Å²) in [5.74, 6) is -0.615. The van der Waals surface area contributed by atoms with E-state index in [1.807, 2.05) is 0 Å². The predicted molar refractivity (Wildman–Crippen MR) is 81.8 cm³/mol. The molecule has 5 nitrogen and oxygen atoms in total. The lowest BCUT2D eigenvalue weighted by molar-refractivity contribution is 0.599. The average Bonchev–Trinajstić information content (AvgIpc) is 2.36. The van der Waals surface area contributed by atoms with Gasteiger partial charge in [0, 0.05) is 6.26 Å². The maximum Gasteiger partial charge on any atom is 0.263 e. The molecule has 0 aliphatic carbocycles. The van der Waals surface area contributed by atoms with E-state index in [2.05, 4.69) is 4.72 Å². The monoisotopic (exact) mass is 363 g/mol. The van der Waals surface area contributed by atoms with Crippen LogP contribution in [-0.2, 0) is 19.9 Å². The van der Waals surface area contributed by atoms with E-state index in [1.165, 1.54) is 24.3 Å². The SMILES string of the molecule is CS(=O)(=O)c1ccc(Cl)c(S(=O)(=O)Nc2cccc(F)c2)c1. The van der Waals surface area contributed by atoms with Crippen molar-refractivity contribution >= 4 is 37.1 Å². The summed E-state index contributed by atoms with van der Waals surface area (Å²) >= 11 is 5.84. The molecular weight excluding hydrogens is 353 g/mol. The maximum atomic E-state index is 13.1. The first-order chi connectivity index (χ1) is 10.1. The molecule has 0 spiro atoms. The van der Waals surface area contributed by atoms with Gasteiger partial charge < -0.3 is 0 Å². The van der Waals surface area contributed by atoms with Crippen LogP contribution in [0, 0.1) is 5.82 Å². The third kappa shape index (κ3) is 3.76. The number of sulfonamides is 1. The summed E-state index contributed by atoms with van der Waals surface area (Å²) in [7, 11) is -7.75. The first-order valence-corrected chi connectivity index (χ1v) is 9.63. The van der Waals surface area contributed by atoms with Gasteiger partial charge in [0.1, 0.15) is 10.7 Å². The lowest BCUT2D eigenvalue weighted by Crippen LogP contribution is -2.14. The Kier molecular flexibility index (Phi) is 4.46. The minimum Gasteiger partial charge on any atom is -0.279 e. The van der Waals surface area contributed by atoms with Crippen molar-refractivity contribution < 1.29 is 21.2 Å². The molecule has 0 aliphatic heterocycles. The number of hydrogen-bond acceptors (Lipinski definition) is 4. The fraction of sp³-hybridized carbons (Fsp3) is 0.0769. The highest BCUT2D eigenvalue weighted by Crippen LogP contribution is 2.26. The Morgan fingerprint density at radius 3 is 2.32 bits per heavy atom. The van der Waals surface area contributed by atoms with Crippen molar-refractivity contribution in [2.45, 2.75) is 9.79 Å². The predicted octanol–water partition coefficient (Wildman–Crippen LogP) is 2.68. The zero-order valence-electron chi connectivity index (χ0n) is 11.2. The standard InChI is InChI=1S/C13H11ClFNO4S2/c1-21(17,18)11-5-6-12(14)13(8-11)22(19,20)16-10-4-2-3-9(15)7-10/h2-8,16H,1H3. The van der Waals surface area contributed by atoms with Crippen molar-refractivity contribution in [3.63, 3.8) is 0 Å². The Morgan fingerprint density at radius 2 is 1.73 bits per heavy atom. The second-order valence-corrected chi connectivity index (χ2v) is 8.55. The zero-order chi connectivity index (χ0) is 16.5. The van der Waals surface area contributed by atoms with Crippen LogP contribution in [0.15, 0.2) is 52.3 Å². The van der Waals surface area contributed by atoms with E-state index in [9.17, 15) is 21.2 Å². The first-order valence-electron chi connectivity index (χ1n) is 5.87. The van der Waals surface area contributed by atoms with E-state index in [1.54, 1.807) is 0 Å². The normalized spacial score (nSPS) is 12.1. The number of rotatable bonds is 4. The van der Waals surface area contributed by atoms with E-state index in [4.69, 9.17) is 11.6 Å². The van der Waals surface area contributed by atoms with Crippen LogP contribution in [-0.4, -0.2) is 23.1 Å². The smallest absolute Gasteiger partial charge is 0.263 e. The number of benzene rings is 2. The molecule has 2 rings (SSSR count). The average molecular weight is 364 g/mol. The molecule has 0 amide bonds. The van der Waals surface area contributed by atoms with Crippen LogP contribution in [0.2, 0.25) is 5.02 Å². The fourth-order valence-corrected chi connectivity index (χ4v) is 3.98. The van der Waals surface area contributed by atoms with Gasteiger partial charge in [0.15, 0.2) is 9.84 Å². The summed E-state index contributed by atoms with van der Waals surface area (Å²) in [4.78, 5) is -0.585. The molecule has 0 fully saturated rings. The van der Waals surface area contributed by atoms with Gasteiger partial charge in [-0.2, -0.15) is 0 Å². The van der Waals surface area contributed by atoms with Gasteiger partial charge in [0.05, 0.1) is 15.6 Å². The van der Waals surface area contributed by atoms with E-state index < -0.39 is 30.6 Å². The number of nitrogens with one attached hydrogen (secondary N) is 1. The second-order valence-electron chi connectivity index (χ2n) is 4.48. The third-order valence-electron chi connectivity index (χ3n) is 2.70. The Labute approximate surface area is 132 Å². The first kappa shape index (κ1) is 16.7. The summed E-state index contributed by atoms with van der Waals surface area (Å²) in [5, 5.41) is -0.142. The van der Waals surface area contributed by atoms with Crippen LogP contribution < -0.4 is 4.72 Å². The van der Waals surface area contributed by atoms with Crippen LogP contribution in [0.4, 0.5) is 10.1 Å². The highest BCUT2D eigenvalue weighted by atomic mass is 35.5. The quantitative estimate of drug-likeness (QED) is 0.905. The number of halogens is 2. The Morgan fingerprint density at radius 1 is 1.05 bits per heavy atom. The topological polar surface area (TPSA) is 80.3 Å². The number of hydrogen-bond donors (Lipinski definition) is 1. The van der Waals surface area contributed by atoms with Crippen LogP contribution in [0.3, 0.4) is 0 Å². The summed E-state index contributed by atoms with van der Waals surface area (Å²) in [6.07, 6.45) is 0.951. The molecule has 22 heavy (non-hydrogen) atoms. The fourth-order valence-electron chi connectivity index (χ4n) is 1.68. The van der Waals surface area contributed by atoms with Gasteiger partial charge in [-0.3, -0.25) is 4.72 Å². The molecule has 0 radical (unpaired) electrons. The van der Waals surface area contributed by atoms with Crippen LogP contribution in [0.1, 0.15) is 0 Å². The van der Waals surface area contributed by atoms with E-state index in [0.717, 1.165) is 24.5 Å². The van der Waals surface area contributed by atoms with E-state index in [-0.39, 0.29) is 15.6 Å². The Bertz CT molecular complexity index is 927. The molecule has 0 aromatic heterocycles. The Hall–Kier alpha value is -1.64. The maximum absolute atomic E-state index is 13.1. The summed E-state index contributed by atoms with van der Waals surface area (Å²) in [6.45, 7) is 0. The summed E-state index contributed by atoms with van der Waals surface area (Å²) in [5.41, 5.74) is 0.000764. The van der Waals surface area contributed by atoms with Crippen molar-refractivity contribution in [1.82, 2.24) is 0 Å². The molecule has 0 atom stereocenters. The molecule has 0 saturated heterocycles. The third-order valence-corrected chi connectivity index (χ3v) is 5.67. The molecule has 0 unspecified atom stereocenters. The molecule has 0 heterocycles. The molecule has 2 aromatic rings. The Balaban J connectivity index is 2.50. The lowest BCUT2D eigenvalue weighted by Gasteiger charge is -2.10. The highest BCUT2D eigenvalue weighted by Gasteiger charge is 2.21. The van der Waals surface area contributed by atoms with Gasteiger partial charge >= 0.3 is 0 Å². The molecule has 0 saturated carbocycles. The van der Waals surface area contributed by atoms with Gasteiger partial charge in [-0.1, -0.05) is 17.7 Å². The summed E-state index contributed by atoms with van der Waals surface area (Å²) in [6, 6.07) is 8.19. The number of anilines is 1. The molecule has 1 N–H and O–H groups in total. The zero-order valence-corrected chi connectivity index (χ0v) is 13.6. The number of sulfone groups is 1. The molecule has 118 valence electrons. The molecular formula is C13H11ClFNO4S2. The van der Waals surface area contributed by atoms with Crippen molar-refractivity contribution in [1.29, 1.82) is 0 Å². The molecule has 2 aromatic carbocycles.